The first-order chi connectivity index (χ1) is 13.0. The van der Waals surface area contributed by atoms with Crippen LogP contribution in [0.2, 0.25) is 5.02 Å². The molecule has 0 aromatic heterocycles. The number of hydrogen-bond donors (Lipinski definition) is 0. The summed E-state index contributed by atoms with van der Waals surface area (Å²) in [7, 11) is 0. The summed E-state index contributed by atoms with van der Waals surface area (Å²) in [5.74, 6) is -0.328. The van der Waals surface area contributed by atoms with Gasteiger partial charge in [0, 0.05) is 17.5 Å². The number of carbonyl (C=O) groups is 2. The number of allylic oxidation sites excluding steroid dienone is 1. The van der Waals surface area contributed by atoms with E-state index in [2.05, 4.69) is 0 Å². The van der Waals surface area contributed by atoms with Crippen molar-refractivity contribution in [3.8, 4) is 11.1 Å². The van der Waals surface area contributed by atoms with Crippen LogP contribution in [0.25, 0.3) is 17.2 Å². The second kappa shape index (κ2) is 6.86. The van der Waals surface area contributed by atoms with E-state index in [4.69, 9.17) is 11.6 Å². The Morgan fingerprint density at radius 2 is 1.67 bits per heavy atom. The predicted octanol–water partition coefficient (Wildman–Crippen LogP) is 5.60. The molecular formula is C23H16ClNO2. The maximum absolute atomic E-state index is 12.8. The normalized spacial score (nSPS) is 14.5. The van der Waals surface area contributed by atoms with Gasteiger partial charge in [-0.3, -0.25) is 14.5 Å². The van der Waals surface area contributed by atoms with Gasteiger partial charge in [-0.15, -0.1) is 0 Å². The Labute approximate surface area is 162 Å². The monoisotopic (exact) mass is 373 g/mol. The van der Waals surface area contributed by atoms with Crippen molar-refractivity contribution in [3.63, 3.8) is 0 Å². The number of anilines is 1. The first-order valence-corrected chi connectivity index (χ1v) is 8.94. The van der Waals surface area contributed by atoms with Crippen molar-refractivity contribution in [3.05, 3.63) is 94.6 Å². The number of benzene rings is 3. The van der Waals surface area contributed by atoms with Gasteiger partial charge < -0.3 is 0 Å². The molecule has 4 heteroatoms. The van der Waals surface area contributed by atoms with E-state index in [-0.39, 0.29) is 11.7 Å². The maximum atomic E-state index is 12.8. The van der Waals surface area contributed by atoms with E-state index in [1.807, 2.05) is 54.6 Å². The van der Waals surface area contributed by atoms with Crippen molar-refractivity contribution in [1.29, 1.82) is 0 Å². The van der Waals surface area contributed by atoms with Crippen LogP contribution in [0.5, 0.6) is 0 Å². The summed E-state index contributed by atoms with van der Waals surface area (Å²) in [6.45, 7) is 1.47. The molecule has 0 unspecified atom stereocenters. The smallest absolute Gasteiger partial charge is 0.228 e. The van der Waals surface area contributed by atoms with Gasteiger partial charge in [-0.25, -0.2) is 0 Å². The fraction of sp³-hybridized carbons (Fsp3) is 0.0435. The van der Waals surface area contributed by atoms with Crippen LogP contribution in [0.15, 0.2) is 78.5 Å². The predicted molar refractivity (Wildman–Crippen MR) is 109 cm³/mol. The fourth-order valence-corrected chi connectivity index (χ4v) is 3.43. The lowest BCUT2D eigenvalue weighted by Gasteiger charge is -2.16. The molecule has 3 aromatic rings. The summed E-state index contributed by atoms with van der Waals surface area (Å²) >= 11 is 5.97. The van der Waals surface area contributed by atoms with Gasteiger partial charge in [0.15, 0.2) is 0 Å². The fourth-order valence-electron chi connectivity index (χ4n) is 3.31. The number of carbonyl (C=O) groups excluding carboxylic acids is 2. The molecule has 1 aliphatic rings. The third-order valence-corrected chi connectivity index (χ3v) is 4.80. The minimum Gasteiger partial charge on any atom is -0.287 e. The first kappa shape index (κ1) is 17.3. The summed E-state index contributed by atoms with van der Waals surface area (Å²) in [4.78, 5) is 26.5. The highest BCUT2D eigenvalue weighted by Gasteiger charge is 2.34. The van der Waals surface area contributed by atoms with Crippen molar-refractivity contribution in [2.45, 2.75) is 6.92 Å². The number of hydrogen-bond acceptors (Lipinski definition) is 2. The zero-order valence-electron chi connectivity index (χ0n) is 14.6. The third-order valence-electron chi connectivity index (χ3n) is 4.55. The van der Waals surface area contributed by atoms with Gasteiger partial charge in [0.25, 0.3) is 0 Å². The molecule has 0 bridgehead atoms. The molecule has 27 heavy (non-hydrogen) atoms. The van der Waals surface area contributed by atoms with Crippen LogP contribution in [-0.4, -0.2) is 11.7 Å². The van der Waals surface area contributed by atoms with Crippen molar-refractivity contribution in [2.24, 2.45) is 0 Å². The zero-order chi connectivity index (χ0) is 19.0. The van der Waals surface area contributed by atoms with E-state index in [0.29, 0.717) is 22.0 Å². The highest BCUT2D eigenvalue weighted by Crippen LogP contribution is 2.35. The Morgan fingerprint density at radius 1 is 0.926 bits per heavy atom. The lowest BCUT2D eigenvalue weighted by Crippen LogP contribution is -2.25. The van der Waals surface area contributed by atoms with E-state index >= 15 is 0 Å². The topological polar surface area (TPSA) is 37.4 Å². The Bertz CT molecular complexity index is 1080. The molecule has 1 amide bonds. The summed E-state index contributed by atoms with van der Waals surface area (Å²) in [6, 6.07) is 22.6. The molecule has 3 nitrogen and oxygen atoms in total. The third kappa shape index (κ3) is 3.18. The number of amides is 1. The molecule has 4 rings (SSSR count). The van der Waals surface area contributed by atoms with Crippen molar-refractivity contribution in [1.82, 2.24) is 0 Å². The van der Waals surface area contributed by atoms with Crippen LogP contribution in [0.4, 0.5) is 5.69 Å². The minimum absolute atomic E-state index is 0.141. The number of halogens is 1. The number of nitrogens with zero attached hydrogens (tertiary/aromatic N) is 1. The largest absolute Gasteiger partial charge is 0.287 e. The molecule has 0 atom stereocenters. The molecule has 0 spiro atoms. The van der Waals surface area contributed by atoms with E-state index in [1.54, 1.807) is 24.3 Å². The standard InChI is InChI=1S/C23H16ClNO2/c1-15(26)25-21-8-3-2-7-20(21)23(27)22(25)14-16-5-4-6-18(13-16)17-9-11-19(24)12-10-17/h2-14H,1H3/b22-14+. The van der Waals surface area contributed by atoms with Gasteiger partial charge in [0.1, 0.15) is 0 Å². The molecule has 3 aromatic carbocycles. The van der Waals surface area contributed by atoms with Gasteiger partial charge in [-0.1, -0.05) is 54.1 Å². The molecule has 0 saturated heterocycles. The number of ketones is 1. The number of para-hydroxylation sites is 1. The van der Waals surface area contributed by atoms with Gasteiger partial charge in [0.2, 0.25) is 11.7 Å². The second-order valence-corrected chi connectivity index (χ2v) is 6.80. The number of fused-ring (bicyclic) bond motifs is 1. The highest BCUT2D eigenvalue weighted by molar-refractivity contribution is 6.30. The highest BCUT2D eigenvalue weighted by atomic mass is 35.5. The Hall–Kier alpha value is -3.17. The molecule has 0 radical (unpaired) electrons. The van der Waals surface area contributed by atoms with Crippen LogP contribution < -0.4 is 4.90 Å². The molecule has 0 fully saturated rings. The first-order valence-electron chi connectivity index (χ1n) is 8.57. The number of rotatable bonds is 2. The average Bonchev–Trinajstić information content (AvgIpc) is 2.95. The quantitative estimate of drug-likeness (QED) is 0.548. The number of Topliss-reactive ketones (excluding diaryl/α,β-unsaturated/α-hetero) is 1. The van der Waals surface area contributed by atoms with E-state index in [1.165, 1.54) is 11.8 Å². The molecule has 1 aliphatic heterocycles. The lowest BCUT2D eigenvalue weighted by atomic mass is 10.0. The van der Waals surface area contributed by atoms with Gasteiger partial charge in [0.05, 0.1) is 11.4 Å². The summed E-state index contributed by atoms with van der Waals surface area (Å²) in [5.41, 5.74) is 4.45. The molecule has 0 saturated carbocycles. The van der Waals surface area contributed by atoms with E-state index in [0.717, 1.165) is 16.7 Å². The van der Waals surface area contributed by atoms with Gasteiger partial charge in [-0.05, 0) is 53.1 Å². The SMILES string of the molecule is CC(=O)N1/C(=C/c2cccc(-c3ccc(Cl)cc3)c2)C(=O)c2ccccc21. The Kier molecular flexibility index (Phi) is 4.38. The van der Waals surface area contributed by atoms with Crippen LogP contribution in [0, 0.1) is 0 Å². The van der Waals surface area contributed by atoms with E-state index < -0.39 is 0 Å². The Morgan fingerprint density at radius 3 is 2.41 bits per heavy atom. The maximum Gasteiger partial charge on any atom is 0.228 e. The van der Waals surface area contributed by atoms with Crippen LogP contribution in [0.3, 0.4) is 0 Å². The van der Waals surface area contributed by atoms with Crippen LogP contribution >= 0.6 is 11.6 Å². The van der Waals surface area contributed by atoms with Crippen molar-refractivity contribution < 1.29 is 9.59 Å². The summed E-state index contributed by atoms with van der Waals surface area (Å²) in [5, 5.41) is 0.684. The lowest BCUT2D eigenvalue weighted by molar-refractivity contribution is -0.116. The zero-order valence-corrected chi connectivity index (χ0v) is 15.4. The summed E-state index contributed by atoms with van der Waals surface area (Å²) < 4.78 is 0. The minimum atomic E-state index is -0.187. The van der Waals surface area contributed by atoms with Crippen LogP contribution in [0.1, 0.15) is 22.8 Å². The molecule has 1 heterocycles. The van der Waals surface area contributed by atoms with Crippen molar-refractivity contribution >= 4 is 35.1 Å². The molecule has 132 valence electrons. The van der Waals surface area contributed by atoms with Crippen LogP contribution in [-0.2, 0) is 4.79 Å². The average molecular weight is 374 g/mol. The summed E-state index contributed by atoms with van der Waals surface area (Å²) in [6.07, 6.45) is 1.77. The second-order valence-electron chi connectivity index (χ2n) is 6.36. The molecule has 0 aliphatic carbocycles. The van der Waals surface area contributed by atoms with Crippen molar-refractivity contribution in [2.75, 3.05) is 4.90 Å². The van der Waals surface area contributed by atoms with Gasteiger partial charge in [-0.2, -0.15) is 0 Å². The Balaban J connectivity index is 1.77. The molecule has 0 N–H and O–H groups in total. The van der Waals surface area contributed by atoms with E-state index in [9.17, 15) is 9.59 Å². The van der Waals surface area contributed by atoms with Gasteiger partial charge >= 0.3 is 0 Å². The molecular weight excluding hydrogens is 358 g/mol.